The second kappa shape index (κ2) is 10.4. The lowest BCUT2D eigenvalue weighted by atomic mass is 10.1. The lowest BCUT2D eigenvalue weighted by Crippen LogP contribution is -2.39. The summed E-state index contributed by atoms with van der Waals surface area (Å²) in [6.07, 6.45) is -1.34. The molecule has 0 fully saturated rings. The third-order valence-corrected chi connectivity index (χ3v) is 4.33. The molecule has 1 N–H and O–H groups in total. The molecule has 1 aromatic carbocycles. The molecule has 0 unspecified atom stereocenters. The summed E-state index contributed by atoms with van der Waals surface area (Å²) in [6, 6.07) is 5.12. The molecule has 1 amide bonds. The highest BCUT2D eigenvalue weighted by Crippen LogP contribution is 2.29. The van der Waals surface area contributed by atoms with Crippen molar-refractivity contribution >= 4 is 17.7 Å². The predicted molar refractivity (Wildman–Crippen MR) is 96.4 cm³/mol. The van der Waals surface area contributed by atoms with E-state index in [2.05, 4.69) is 24.1 Å². The van der Waals surface area contributed by atoms with E-state index in [0.29, 0.717) is 6.04 Å². The summed E-state index contributed by atoms with van der Waals surface area (Å²) < 4.78 is 37.8. The molecule has 1 rings (SSSR count). The zero-order valence-corrected chi connectivity index (χ0v) is 15.4. The van der Waals surface area contributed by atoms with Gasteiger partial charge in [0.1, 0.15) is 0 Å². The third kappa shape index (κ3) is 8.32. The first-order valence-electron chi connectivity index (χ1n) is 7.86. The van der Waals surface area contributed by atoms with Crippen LogP contribution in [0.3, 0.4) is 0 Å². The lowest BCUT2D eigenvalue weighted by molar-refractivity contribution is -0.137. The summed E-state index contributed by atoms with van der Waals surface area (Å²) in [5.74, 6) is 6.19. The molecule has 7 heteroatoms. The Morgan fingerprint density at radius 2 is 2.12 bits per heavy atom. The summed E-state index contributed by atoms with van der Waals surface area (Å²) in [7, 11) is 1.89. The molecule has 0 heterocycles. The van der Waals surface area contributed by atoms with Crippen LogP contribution < -0.4 is 5.32 Å². The van der Waals surface area contributed by atoms with E-state index in [1.165, 1.54) is 12.1 Å². The van der Waals surface area contributed by atoms with E-state index in [-0.39, 0.29) is 24.6 Å². The van der Waals surface area contributed by atoms with Crippen molar-refractivity contribution in [1.29, 1.82) is 0 Å². The molecule has 0 saturated carbocycles. The van der Waals surface area contributed by atoms with Crippen LogP contribution in [0.5, 0.6) is 0 Å². The molecule has 0 aliphatic rings. The smallest absolute Gasteiger partial charge is 0.344 e. The fourth-order valence-electron chi connectivity index (χ4n) is 2.01. The Labute approximate surface area is 151 Å². The Balaban J connectivity index is 2.45. The molecule has 0 spiro atoms. The van der Waals surface area contributed by atoms with Crippen LogP contribution in [-0.4, -0.2) is 49.0 Å². The van der Waals surface area contributed by atoms with Crippen LogP contribution in [0, 0.1) is 11.8 Å². The van der Waals surface area contributed by atoms with Gasteiger partial charge in [-0.25, -0.2) is 0 Å². The summed E-state index contributed by atoms with van der Waals surface area (Å²) in [5, 5.41) is 2.66. The van der Waals surface area contributed by atoms with Crippen molar-refractivity contribution in [3.05, 3.63) is 35.4 Å². The minimum atomic E-state index is -4.39. The molecule has 1 aromatic rings. The van der Waals surface area contributed by atoms with Gasteiger partial charge in [-0.15, -0.1) is 0 Å². The lowest BCUT2D eigenvalue weighted by Gasteiger charge is -2.23. The van der Waals surface area contributed by atoms with Crippen molar-refractivity contribution < 1.29 is 18.0 Å². The Hall–Kier alpha value is -1.65. The van der Waals surface area contributed by atoms with Gasteiger partial charge in [0.05, 0.1) is 18.7 Å². The quantitative estimate of drug-likeness (QED) is 0.746. The van der Waals surface area contributed by atoms with Crippen LogP contribution in [0.2, 0.25) is 0 Å². The number of likely N-dealkylation sites (N-methyl/N-ethyl adjacent to an activating group) is 1. The topological polar surface area (TPSA) is 32.3 Å². The van der Waals surface area contributed by atoms with Gasteiger partial charge in [0.25, 0.3) is 0 Å². The molecule has 0 saturated heterocycles. The SMILES string of the molecule is CSCC[C@H](C)N(C)CC(=O)NCC#Cc1cccc(C(F)(F)F)c1. The second-order valence-electron chi connectivity index (χ2n) is 5.70. The average Bonchev–Trinajstić information content (AvgIpc) is 2.56. The molecule has 0 aliphatic carbocycles. The van der Waals surface area contributed by atoms with Crippen molar-refractivity contribution in [2.24, 2.45) is 0 Å². The molecule has 0 radical (unpaired) electrons. The van der Waals surface area contributed by atoms with Crippen LogP contribution in [0.25, 0.3) is 0 Å². The van der Waals surface area contributed by atoms with Crippen molar-refractivity contribution in [3.63, 3.8) is 0 Å². The molecule has 0 bridgehead atoms. The number of carbonyl (C=O) groups is 1. The monoisotopic (exact) mass is 372 g/mol. The maximum absolute atomic E-state index is 12.6. The van der Waals surface area contributed by atoms with Crippen molar-refractivity contribution in [2.45, 2.75) is 25.6 Å². The molecule has 25 heavy (non-hydrogen) atoms. The number of halogens is 3. The number of rotatable bonds is 7. The fraction of sp³-hybridized carbons (Fsp3) is 0.500. The first-order chi connectivity index (χ1) is 11.7. The van der Waals surface area contributed by atoms with Crippen LogP contribution in [0.15, 0.2) is 24.3 Å². The minimum absolute atomic E-state index is 0.0993. The number of nitrogens with one attached hydrogen (secondary N) is 1. The third-order valence-electron chi connectivity index (χ3n) is 3.68. The molecule has 0 aliphatic heterocycles. The number of benzene rings is 1. The largest absolute Gasteiger partial charge is 0.416 e. The van der Waals surface area contributed by atoms with Crippen LogP contribution in [0.4, 0.5) is 13.2 Å². The Bertz CT molecular complexity index is 623. The van der Waals surface area contributed by atoms with E-state index in [0.717, 1.165) is 24.3 Å². The van der Waals surface area contributed by atoms with E-state index in [9.17, 15) is 18.0 Å². The van der Waals surface area contributed by atoms with E-state index < -0.39 is 11.7 Å². The zero-order valence-electron chi connectivity index (χ0n) is 14.6. The van der Waals surface area contributed by atoms with E-state index >= 15 is 0 Å². The molecular weight excluding hydrogens is 349 g/mol. The highest BCUT2D eigenvalue weighted by Gasteiger charge is 2.30. The van der Waals surface area contributed by atoms with Crippen LogP contribution in [0.1, 0.15) is 24.5 Å². The number of thioether (sulfide) groups is 1. The van der Waals surface area contributed by atoms with Gasteiger partial charge >= 0.3 is 6.18 Å². The molecule has 1 atom stereocenters. The van der Waals surface area contributed by atoms with Gasteiger partial charge < -0.3 is 5.32 Å². The Morgan fingerprint density at radius 3 is 2.76 bits per heavy atom. The normalized spacial score (nSPS) is 12.4. The van der Waals surface area contributed by atoms with Crippen molar-refractivity contribution in [3.8, 4) is 11.8 Å². The number of carbonyl (C=O) groups excluding carboxylic acids is 1. The molecule has 0 aromatic heterocycles. The Morgan fingerprint density at radius 1 is 1.40 bits per heavy atom. The number of amides is 1. The maximum Gasteiger partial charge on any atom is 0.416 e. The van der Waals surface area contributed by atoms with Gasteiger partial charge in [-0.2, -0.15) is 24.9 Å². The fourth-order valence-corrected chi connectivity index (χ4v) is 2.59. The van der Waals surface area contributed by atoms with Crippen molar-refractivity contribution in [2.75, 3.05) is 32.1 Å². The van der Waals surface area contributed by atoms with Crippen molar-refractivity contribution in [1.82, 2.24) is 10.2 Å². The van der Waals surface area contributed by atoms with E-state index in [1.54, 1.807) is 11.8 Å². The first-order valence-corrected chi connectivity index (χ1v) is 9.25. The number of hydrogen-bond donors (Lipinski definition) is 1. The van der Waals surface area contributed by atoms with Gasteiger partial charge in [-0.3, -0.25) is 9.69 Å². The summed E-state index contributed by atoms with van der Waals surface area (Å²) in [5.41, 5.74) is -0.462. The van der Waals surface area contributed by atoms with Gasteiger partial charge in [0.15, 0.2) is 0 Å². The first kappa shape index (κ1) is 21.4. The summed E-state index contributed by atoms with van der Waals surface area (Å²) in [4.78, 5) is 13.8. The molecule has 138 valence electrons. The number of nitrogens with zero attached hydrogens (tertiary/aromatic N) is 1. The Kier molecular flexibility index (Phi) is 8.87. The highest BCUT2D eigenvalue weighted by atomic mass is 32.2. The second-order valence-corrected chi connectivity index (χ2v) is 6.69. The minimum Gasteiger partial charge on any atom is -0.344 e. The number of hydrogen-bond acceptors (Lipinski definition) is 3. The average molecular weight is 372 g/mol. The van der Waals surface area contributed by atoms with Gasteiger partial charge in [0.2, 0.25) is 5.91 Å². The van der Waals surface area contributed by atoms with Gasteiger partial charge in [-0.1, -0.05) is 17.9 Å². The van der Waals surface area contributed by atoms with Gasteiger partial charge in [0, 0.05) is 11.6 Å². The van der Waals surface area contributed by atoms with E-state index in [1.807, 2.05) is 18.2 Å². The van der Waals surface area contributed by atoms with Crippen LogP contribution >= 0.6 is 11.8 Å². The van der Waals surface area contributed by atoms with E-state index in [4.69, 9.17) is 0 Å². The van der Waals surface area contributed by atoms with Gasteiger partial charge in [-0.05, 0) is 50.6 Å². The van der Waals surface area contributed by atoms with Crippen LogP contribution in [-0.2, 0) is 11.0 Å². The number of alkyl halides is 3. The standard InChI is InChI=1S/C18H23F3N2OS/c1-14(9-11-25-3)23(2)13-17(24)22-10-5-7-15-6-4-8-16(12-15)18(19,20)21/h4,6,8,12,14H,9-11,13H2,1-3H3,(H,22,24)/t14-/m0/s1. The summed E-state index contributed by atoms with van der Waals surface area (Å²) in [6.45, 7) is 2.43. The maximum atomic E-state index is 12.6. The zero-order chi connectivity index (χ0) is 18.9. The predicted octanol–water partition coefficient (Wildman–Crippen LogP) is 3.25. The summed E-state index contributed by atoms with van der Waals surface area (Å²) >= 11 is 1.77. The molecular formula is C18H23F3N2OS. The molecule has 3 nitrogen and oxygen atoms in total. The highest BCUT2D eigenvalue weighted by molar-refractivity contribution is 7.98.